The molecule has 2 aromatic carbocycles. The lowest BCUT2D eigenvalue weighted by atomic mass is 9.32. The molecule has 0 radical (unpaired) electrons. The molecule has 0 saturated heterocycles. The molecular formula is C51H68O6. The van der Waals surface area contributed by atoms with Gasteiger partial charge < -0.3 is 14.2 Å². The summed E-state index contributed by atoms with van der Waals surface area (Å²) < 4.78 is 17.3. The lowest BCUT2D eigenvalue weighted by Gasteiger charge is -2.72. The summed E-state index contributed by atoms with van der Waals surface area (Å²) in [4.78, 5) is 40.3. The molecule has 0 unspecified atom stereocenters. The molecule has 308 valence electrons. The third-order valence-electron chi connectivity index (χ3n) is 16.7. The molecule has 0 heterocycles. The van der Waals surface area contributed by atoms with Crippen molar-refractivity contribution in [3.8, 4) is 0 Å². The van der Waals surface area contributed by atoms with Crippen molar-refractivity contribution in [1.29, 1.82) is 0 Å². The first-order chi connectivity index (χ1) is 26.8. The number of fused-ring (bicyclic) bond motifs is 7. The van der Waals surface area contributed by atoms with Gasteiger partial charge in [-0.05, 0) is 166 Å². The number of carbonyl (C=O) groups is 3. The number of benzene rings is 2. The predicted octanol–water partition coefficient (Wildman–Crippen LogP) is 12.0. The van der Waals surface area contributed by atoms with Crippen LogP contribution in [0.2, 0.25) is 0 Å². The average molecular weight is 777 g/mol. The molecule has 4 fully saturated rings. The summed E-state index contributed by atoms with van der Waals surface area (Å²) in [5, 5.41) is 0. The molecule has 9 atom stereocenters. The molecule has 5 aliphatic rings. The standard InChI is InChI=1S/C51H68O6/c1-11-55-42(52)31-33(2)37-23-28-51(45(54)56-32-34-15-13-12-14-16-34)30-29-49(9)39(43(37)51)21-22-41-48(8)26-24-38(47(6,7)40(48)25-27-50(41,49)10)35-17-19-36(20-18-35)44(53)57-46(3,4)5/h12-20,24,37,39-41,43H,2,11,21-23,25-32H2,1,3-10H3/t37-,39+,40-,41+,43+,48-,49+,50+,51-/m0/s1. The Bertz CT molecular complexity index is 1900. The summed E-state index contributed by atoms with van der Waals surface area (Å²) in [5.74, 6) is 0.973. The molecule has 57 heavy (non-hydrogen) atoms. The Labute approximate surface area is 342 Å². The predicted molar refractivity (Wildman–Crippen MR) is 226 cm³/mol. The van der Waals surface area contributed by atoms with Gasteiger partial charge in [0.25, 0.3) is 0 Å². The van der Waals surface area contributed by atoms with Crippen molar-refractivity contribution in [2.75, 3.05) is 6.61 Å². The van der Waals surface area contributed by atoms with Crippen molar-refractivity contribution in [3.05, 3.63) is 89.5 Å². The molecule has 0 aromatic heterocycles. The fourth-order valence-corrected chi connectivity index (χ4v) is 14.0. The molecule has 4 saturated carbocycles. The van der Waals surface area contributed by atoms with Crippen LogP contribution in [-0.4, -0.2) is 30.1 Å². The number of rotatable bonds is 9. The van der Waals surface area contributed by atoms with E-state index in [-0.39, 0.29) is 64.4 Å². The van der Waals surface area contributed by atoms with Crippen LogP contribution in [0.4, 0.5) is 0 Å². The van der Waals surface area contributed by atoms with Gasteiger partial charge in [0.15, 0.2) is 0 Å². The van der Waals surface area contributed by atoms with Gasteiger partial charge >= 0.3 is 17.9 Å². The zero-order valence-corrected chi connectivity index (χ0v) is 36.3. The van der Waals surface area contributed by atoms with Gasteiger partial charge in [0.2, 0.25) is 0 Å². The number of hydrogen-bond acceptors (Lipinski definition) is 6. The van der Waals surface area contributed by atoms with E-state index < -0.39 is 11.0 Å². The van der Waals surface area contributed by atoms with E-state index in [1.165, 1.54) is 11.1 Å². The maximum atomic E-state index is 14.6. The van der Waals surface area contributed by atoms with Gasteiger partial charge in [-0.2, -0.15) is 0 Å². The quantitative estimate of drug-likeness (QED) is 0.143. The maximum absolute atomic E-state index is 14.6. The summed E-state index contributed by atoms with van der Waals surface area (Å²) in [6.07, 6.45) is 11.8. The number of carbonyl (C=O) groups excluding carboxylic acids is 3. The van der Waals surface area contributed by atoms with E-state index in [1.54, 1.807) is 0 Å². The van der Waals surface area contributed by atoms with E-state index in [0.717, 1.165) is 68.9 Å². The second-order valence-corrected chi connectivity index (χ2v) is 20.8. The van der Waals surface area contributed by atoms with Crippen LogP contribution in [0, 0.1) is 56.7 Å². The van der Waals surface area contributed by atoms with Gasteiger partial charge in [-0.1, -0.05) is 95.3 Å². The van der Waals surface area contributed by atoms with Crippen LogP contribution < -0.4 is 0 Å². The minimum atomic E-state index is -0.574. The Morgan fingerprint density at radius 1 is 0.789 bits per heavy atom. The Morgan fingerprint density at radius 2 is 1.49 bits per heavy atom. The van der Waals surface area contributed by atoms with E-state index in [1.807, 2.05) is 70.2 Å². The largest absolute Gasteiger partial charge is 0.466 e. The van der Waals surface area contributed by atoms with E-state index in [4.69, 9.17) is 14.2 Å². The van der Waals surface area contributed by atoms with Crippen molar-refractivity contribution in [1.82, 2.24) is 0 Å². The Kier molecular flexibility index (Phi) is 10.8. The number of allylic oxidation sites excluding steroid dienone is 2. The SMILES string of the molecule is C=C(CC(=O)OCC)[C@@H]1CC[C@]2(C(=O)OCc3ccccc3)CC[C@]3(C)[C@H](CC[C@@H]4[C@@]5(C)CC=C(c6ccc(C(=O)OC(C)(C)C)cc6)C(C)(C)[C@@H]5CC[C@]43C)[C@@H]12. The molecule has 6 heteroatoms. The summed E-state index contributed by atoms with van der Waals surface area (Å²) in [5.41, 5.74) is 4.16. The molecule has 0 bridgehead atoms. The van der Waals surface area contributed by atoms with Crippen LogP contribution in [0.3, 0.4) is 0 Å². The maximum Gasteiger partial charge on any atom is 0.338 e. The average Bonchev–Trinajstić information content (AvgIpc) is 3.55. The van der Waals surface area contributed by atoms with Crippen LogP contribution >= 0.6 is 0 Å². The molecule has 7 rings (SSSR count). The molecule has 0 spiro atoms. The van der Waals surface area contributed by atoms with Crippen LogP contribution in [0.15, 0.2) is 72.8 Å². The minimum Gasteiger partial charge on any atom is -0.466 e. The summed E-state index contributed by atoms with van der Waals surface area (Å²) in [7, 11) is 0. The highest BCUT2D eigenvalue weighted by atomic mass is 16.6. The highest BCUT2D eigenvalue weighted by Gasteiger charge is 2.72. The Hall–Kier alpha value is -3.67. The Balaban J connectivity index is 1.18. The molecule has 0 amide bonds. The van der Waals surface area contributed by atoms with E-state index in [2.05, 4.69) is 59.4 Å². The number of esters is 3. The summed E-state index contributed by atoms with van der Waals surface area (Å²) >= 11 is 0. The van der Waals surface area contributed by atoms with Gasteiger partial charge in [0.1, 0.15) is 12.2 Å². The van der Waals surface area contributed by atoms with Gasteiger partial charge in [0, 0.05) is 0 Å². The monoisotopic (exact) mass is 777 g/mol. The summed E-state index contributed by atoms with van der Waals surface area (Å²) in [6, 6.07) is 18.1. The first-order valence-electron chi connectivity index (χ1n) is 21.9. The lowest BCUT2D eigenvalue weighted by molar-refractivity contribution is -0.229. The molecule has 6 nitrogen and oxygen atoms in total. The molecule has 0 aliphatic heterocycles. The van der Waals surface area contributed by atoms with Crippen LogP contribution in [-0.2, 0) is 30.4 Å². The van der Waals surface area contributed by atoms with Crippen molar-refractivity contribution in [2.45, 2.75) is 139 Å². The van der Waals surface area contributed by atoms with E-state index in [9.17, 15) is 14.4 Å². The van der Waals surface area contributed by atoms with Crippen LogP contribution in [0.1, 0.15) is 148 Å². The van der Waals surface area contributed by atoms with Crippen molar-refractivity contribution >= 4 is 23.5 Å². The first kappa shape index (κ1) is 41.5. The smallest absolute Gasteiger partial charge is 0.338 e. The second-order valence-electron chi connectivity index (χ2n) is 20.8. The lowest BCUT2D eigenvalue weighted by Crippen LogP contribution is -2.66. The normalized spacial score (nSPS) is 35.3. The Morgan fingerprint density at radius 3 is 2.16 bits per heavy atom. The molecular weight excluding hydrogens is 709 g/mol. The first-order valence-corrected chi connectivity index (χ1v) is 21.9. The molecule has 5 aliphatic carbocycles. The highest BCUT2D eigenvalue weighted by Crippen LogP contribution is 2.78. The fourth-order valence-electron chi connectivity index (χ4n) is 14.0. The molecule has 2 aromatic rings. The topological polar surface area (TPSA) is 78.9 Å². The van der Waals surface area contributed by atoms with E-state index >= 15 is 0 Å². The van der Waals surface area contributed by atoms with Crippen LogP contribution in [0.25, 0.3) is 5.57 Å². The third-order valence-corrected chi connectivity index (χ3v) is 16.7. The molecule has 0 N–H and O–H groups in total. The number of ether oxygens (including phenoxy) is 3. The summed E-state index contributed by atoms with van der Waals surface area (Å²) in [6.45, 7) is 25.4. The highest BCUT2D eigenvalue weighted by molar-refractivity contribution is 5.90. The van der Waals surface area contributed by atoms with Gasteiger partial charge in [-0.15, -0.1) is 0 Å². The van der Waals surface area contributed by atoms with Crippen LogP contribution in [0.5, 0.6) is 0 Å². The fraction of sp³-hybridized carbons (Fsp3) is 0.627. The van der Waals surface area contributed by atoms with Gasteiger partial charge in [-0.3, -0.25) is 9.59 Å². The number of hydrogen-bond donors (Lipinski definition) is 0. The van der Waals surface area contributed by atoms with Gasteiger partial charge in [-0.25, -0.2) is 4.79 Å². The zero-order valence-electron chi connectivity index (χ0n) is 36.3. The second kappa shape index (κ2) is 14.9. The van der Waals surface area contributed by atoms with E-state index in [0.29, 0.717) is 29.9 Å². The van der Waals surface area contributed by atoms with Crippen molar-refractivity contribution < 1.29 is 28.6 Å². The minimum absolute atomic E-state index is 0.0240. The van der Waals surface area contributed by atoms with Crippen molar-refractivity contribution in [2.24, 2.45) is 56.7 Å². The zero-order chi connectivity index (χ0) is 41.2. The third kappa shape index (κ3) is 6.93. The van der Waals surface area contributed by atoms with Gasteiger partial charge in [0.05, 0.1) is 24.0 Å². The van der Waals surface area contributed by atoms with Crippen molar-refractivity contribution in [3.63, 3.8) is 0 Å².